The number of nitrogens with zero attached hydrogens (tertiary/aromatic N) is 3. The van der Waals surface area contributed by atoms with E-state index in [0.717, 1.165) is 5.56 Å². The molecule has 0 amide bonds. The maximum atomic E-state index is 13.9. The zero-order chi connectivity index (χ0) is 20.8. The lowest BCUT2D eigenvalue weighted by Gasteiger charge is -2.35. The molecule has 2 aromatic carbocycles. The van der Waals surface area contributed by atoms with Gasteiger partial charge in [-0.2, -0.15) is 5.10 Å². The molecule has 0 saturated carbocycles. The highest BCUT2D eigenvalue weighted by Crippen LogP contribution is 2.38. The normalized spacial score (nSPS) is 16.9. The number of benzene rings is 2. The summed E-state index contributed by atoms with van der Waals surface area (Å²) in [4.78, 5) is 0.168. The van der Waals surface area contributed by atoms with E-state index < -0.39 is 10.0 Å². The van der Waals surface area contributed by atoms with E-state index in [1.165, 1.54) is 16.4 Å². The maximum absolute atomic E-state index is 13.9. The van der Waals surface area contributed by atoms with Gasteiger partial charge in [-0.1, -0.05) is 30.3 Å². The zero-order valence-corrected chi connectivity index (χ0v) is 17.5. The second-order valence-corrected chi connectivity index (χ2v) is 9.53. The molecule has 1 aliphatic rings. The van der Waals surface area contributed by atoms with Gasteiger partial charge in [-0.25, -0.2) is 12.8 Å². The number of rotatable bonds is 4. The van der Waals surface area contributed by atoms with Crippen molar-refractivity contribution in [3.63, 3.8) is 0 Å². The molecule has 5 nitrogen and oxygen atoms in total. The number of hydrogen-bond donors (Lipinski definition) is 0. The molecule has 7 heteroatoms. The van der Waals surface area contributed by atoms with E-state index in [0.29, 0.717) is 29.8 Å². The predicted molar refractivity (Wildman–Crippen MR) is 112 cm³/mol. The molecular formula is C22H24FN3O2S. The summed E-state index contributed by atoms with van der Waals surface area (Å²) in [6, 6.07) is 13.4. The van der Waals surface area contributed by atoms with Crippen molar-refractivity contribution in [3.8, 4) is 11.3 Å². The van der Waals surface area contributed by atoms with Crippen molar-refractivity contribution in [3.05, 3.63) is 66.1 Å². The van der Waals surface area contributed by atoms with Crippen molar-refractivity contribution in [2.45, 2.75) is 50.6 Å². The average Bonchev–Trinajstić information content (AvgIpc) is 3.15. The van der Waals surface area contributed by atoms with Gasteiger partial charge in [0.25, 0.3) is 10.0 Å². The molecule has 0 spiro atoms. The zero-order valence-electron chi connectivity index (χ0n) is 16.7. The van der Waals surface area contributed by atoms with E-state index in [1.807, 2.05) is 51.1 Å². The molecule has 0 aliphatic carbocycles. The van der Waals surface area contributed by atoms with Crippen LogP contribution in [0.15, 0.2) is 59.6 Å². The predicted octanol–water partition coefficient (Wildman–Crippen LogP) is 4.80. The second kappa shape index (κ2) is 7.30. The van der Waals surface area contributed by atoms with Gasteiger partial charge in [0.15, 0.2) is 0 Å². The topological polar surface area (TPSA) is 55.2 Å². The minimum atomic E-state index is -3.90. The lowest BCUT2D eigenvalue weighted by atomic mass is 9.99. The van der Waals surface area contributed by atoms with Crippen molar-refractivity contribution in [1.29, 1.82) is 0 Å². The van der Waals surface area contributed by atoms with Crippen molar-refractivity contribution < 1.29 is 12.8 Å². The fraction of sp³-hybridized carbons (Fsp3) is 0.318. The van der Waals surface area contributed by atoms with Gasteiger partial charge in [-0.3, -0.25) is 8.99 Å². The van der Waals surface area contributed by atoms with Crippen LogP contribution in [0.5, 0.6) is 0 Å². The van der Waals surface area contributed by atoms with Crippen LogP contribution < -0.4 is 4.31 Å². The van der Waals surface area contributed by atoms with E-state index in [2.05, 4.69) is 5.10 Å². The number of aryl methyl sites for hydroxylation is 1. The summed E-state index contributed by atoms with van der Waals surface area (Å²) in [6.45, 7) is 5.80. The van der Waals surface area contributed by atoms with E-state index >= 15 is 0 Å². The molecule has 1 unspecified atom stereocenters. The number of hydrogen-bond acceptors (Lipinski definition) is 3. The highest BCUT2D eigenvalue weighted by Gasteiger charge is 2.37. The SMILES string of the molecule is CC1CCc2cc(F)ccc2N1S(=O)(=O)c1cn(C(C)C)nc1-c1ccccc1. The minimum Gasteiger partial charge on any atom is -0.268 e. The van der Waals surface area contributed by atoms with Gasteiger partial charge in [-0.05, 0) is 57.4 Å². The molecule has 2 heterocycles. The van der Waals surface area contributed by atoms with Crippen LogP contribution in [0.1, 0.15) is 38.8 Å². The quantitative estimate of drug-likeness (QED) is 0.617. The fourth-order valence-corrected chi connectivity index (χ4v) is 5.66. The van der Waals surface area contributed by atoms with Crippen LogP contribution in [0.25, 0.3) is 11.3 Å². The molecule has 4 rings (SSSR count). The van der Waals surface area contributed by atoms with Gasteiger partial charge < -0.3 is 0 Å². The van der Waals surface area contributed by atoms with Gasteiger partial charge in [0.1, 0.15) is 16.4 Å². The Morgan fingerprint density at radius 3 is 2.55 bits per heavy atom. The van der Waals surface area contributed by atoms with E-state index in [9.17, 15) is 12.8 Å². The third-order valence-corrected chi connectivity index (χ3v) is 7.25. The molecule has 29 heavy (non-hydrogen) atoms. The Hall–Kier alpha value is -2.67. The van der Waals surface area contributed by atoms with Crippen LogP contribution >= 0.6 is 0 Å². The van der Waals surface area contributed by atoms with E-state index in [1.54, 1.807) is 16.9 Å². The fourth-order valence-electron chi connectivity index (χ4n) is 3.78. The molecule has 0 bridgehead atoms. The third-order valence-electron chi connectivity index (χ3n) is 5.32. The van der Waals surface area contributed by atoms with Gasteiger partial charge in [-0.15, -0.1) is 0 Å². The first-order valence-electron chi connectivity index (χ1n) is 9.76. The number of anilines is 1. The molecule has 3 aromatic rings. The van der Waals surface area contributed by atoms with Crippen molar-refractivity contribution in [2.24, 2.45) is 0 Å². The molecule has 1 aromatic heterocycles. The van der Waals surface area contributed by atoms with Crippen molar-refractivity contribution in [2.75, 3.05) is 4.31 Å². The molecule has 1 atom stereocenters. The van der Waals surface area contributed by atoms with Crippen LogP contribution in [0, 0.1) is 5.82 Å². The Labute approximate surface area is 170 Å². The molecule has 0 saturated heterocycles. The monoisotopic (exact) mass is 413 g/mol. The standard InChI is InChI=1S/C22H24FN3O2S/c1-15(2)25-14-21(22(24-25)17-7-5-4-6-8-17)29(27,28)26-16(3)9-10-18-13-19(23)11-12-20(18)26/h4-8,11-16H,9-10H2,1-3H3. The van der Waals surface area contributed by atoms with Gasteiger partial charge in [0.2, 0.25) is 0 Å². The molecule has 1 aliphatic heterocycles. The van der Waals surface area contributed by atoms with Crippen molar-refractivity contribution >= 4 is 15.7 Å². The van der Waals surface area contributed by atoms with Crippen LogP contribution in [0.3, 0.4) is 0 Å². The lowest BCUT2D eigenvalue weighted by molar-refractivity contribution is 0.531. The first-order chi connectivity index (χ1) is 13.8. The molecule has 0 fully saturated rings. The van der Waals surface area contributed by atoms with Crippen LogP contribution in [0.4, 0.5) is 10.1 Å². The summed E-state index contributed by atoms with van der Waals surface area (Å²) in [6.07, 6.45) is 2.89. The van der Waals surface area contributed by atoms with Gasteiger partial charge >= 0.3 is 0 Å². The van der Waals surface area contributed by atoms with Crippen molar-refractivity contribution in [1.82, 2.24) is 9.78 Å². The Morgan fingerprint density at radius 1 is 1.14 bits per heavy atom. The Balaban J connectivity index is 1.91. The van der Waals surface area contributed by atoms with E-state index in [-0.39, 0.29) is 22.8 Å². The number of halogens is 1. The summed E-state index contributed by atoms with van der Waals surface area (Å²) in [5, 5.41) is 4.59. The second-order valence-electron chi connectivity index (χ2n) is 7.74. The first-order valence-corrected chi connectivity index (χ1v) is 11.2. The minimum absolute atomic E-state index is 0.0153. The molecule has 0 radical (unpaired) electrons. The number of fused-ring (bicyclic) bond motifs is 1. The largest absolute Gasteiger partial charge is 0.268 e. The Bertz CT molecular complexity index is 1140. The smallest absolute Gasteiger partial charge is 0.268 e. The Kier molecular flexibility index (Phi) is 4.94. The summed E-state index contributed by atoms with van der Waals surface area (Å²) in [7, 11) is -3.90. The highest BCUT2D eigenvalue weighted by molar-refractivity contribution is 7.93. The summed E-state index contributed by atoms with van der Waals surface area (Å²) in [5.41, 5.74) is 2.43. The van der Waals surface area contributed by atoms with Crippen LogP contribution in [-0.2, 0) is 16.4 Å². The maximum Gasteiger partial charge on any atom is 0.268 e. The number of aromatic nitrogens is 2. The number of sulfonamides is 1. The third kappa shape index (κ3) is 3.44. The molecule has 0 N–H and O–H groups in total. The first kappa shape index (κ1) is 19.6. The van der Waals surface area contributed by atoms with Gasteiger partial charge in [0, 0.05) is 23.8 Å². The Morgan fingerprint density at radius 2 is 1.86 bits per heavy atom. The summed E-state index contributed by atoms with van der Waals surface area (Å²) in [5.74, 6) is -0.353. The lowest BCUT2D eigenvalue weighted by Crippen LogP contribution is -2.42. The average molecular weight is 414 g/mol. The van der Waals surface area contributed by atoms with Crippen LogP contribution in [0.2, 0.25) is 0 Å². The highest BCUT2D eigenvalue weighted by atomic mass is 32.2. The molecule has 152 valence electrons. The van der Waals surface area contributed by atoms with Gasteiger partial charge in [0.05, 0.1) is 5.69 Å². The summed E-state index contributed by atoms with van der Waals surface area (Å²) >= 11 is 0. The van der Waals surface area contributed by atoms with E-state index in [4.69, 9.17) is 0 Å². The molecular weight excluding hydrogens is 389 g/mol. The van der Waals surface area contributed by atoms with Crippen LogP contribution in [-0.4, -0.2) is 24.2 Å². The summed E-state index contributed by atoms with van der Waals surface area (Å²) < 4.78 is 44.5.